The highest BCUT2D eigenvalue weighted by atomic mass is 32.2. The molecule has 0 saturated heterocycles. The molecule has 2 N–H and O–H groups in total. The third kappa shape index (κ3) is 3.00. The van der Waals surface area contributed by atoms with Crippen molar-refractivity contribution in [2.45, 2.75) is 11.8 Å². The van der Waals surface area contributed by atoms with Crippen molar-refractivity contribution in [2.75, 3.05) is 4.72 Å². The lowest BCUT2D eigenvalue weighted by atomic mass is 10.0. The first-order valence-electron chi connectivity index (χ1n) is 9.41. The molecule has 8 heteroatoms. The molecule has 0 spiro atoms. The number of aromatic carboxylic acids is 1. The third-order valence-electron chi connectivity index (χ3n) is 5.22. The number of aryl methyl sites for hydroxylation is 1. The van der Waals surface area contributed by atoms with E-state index in [-0.39, 0.29) is 21.9 Å². The molecule has 5 rings (SSSR count). The molecule has 2 heterocycles. The Bertz CT molecular complexity index is 1610. The lowest BCUT2D eigenvalue weighted by Crippen LogP contribution is -2.14. The van der Waals surface area contributed by atoms with Gasteiger partial charge in [-0.15, -0.1) is 0 Å². The predicted octanol–water partition coefficient (Wildman–Crippen LogP) is 4.94. The highest BCUT2D eigenvalue weighted by Gasteiger charge is 2.24. The Kier molecular flexibility index (Phi) is 4.19. The number of anilines is 1. The fraction of sp³-hybridized carbons (Fsp3) is 0.0435. The monoisotopic (exact) mass is 432 g/mol. The number of nitrogens with zero attached hydrogens (tertiary/aromatic N) is 1. The van der Waals surface area contributed by atoms with Crippen molar-refractivity contribution in [1.82, 2.24) is 4.98 Å². The van der Waals surface area contributed by atoms with E-state index < -0.39 is 16.0 Å². The quantitative estimate of drug-likeness (QED) is 0.416. The second-order valence-electron chi connectivity index (χ2n) is 7.12. The van der Waals surface area contributed by atoms with E-state index in [1.54, 1.807) is 55.5 Å². The van der Waals surface area contributed by atoms with Crippen LogP contribution in [0.5, 0.6) is 0 Å². The Labute approximate surface area is 177 Å². The van der Waals surface area contributed by atoms with Crippen LogP contribution in [0.15, 0.2) is 76.2 Å². The van der Waals surface area contributed by atoms with Crippen LogP contribution in [0.1, 0.15) is 16.1 Å². The van der Waals surface area contributed by atoms with Gasteiger partial charge in [-0.2, -0.15) is 0 Å². The summed E-state index contributed by atoms with van der Waals surface area (Å²) in [6.07, 6.45) is 1.54. The van der Waals surface area contributed by atoms with E-state index in [1.807, 2.05) is 0 Å². The number of rotatable bonds is 4. The molecule has 31 heavy (non-hydrogen) atoms. The molecule has 0 aliphatic rings. The van der Waals surface area contributed by atoms with Gasteiger partial charge in [0.1, 0.15) is 21.8 Å². The minimum atomic E-state index is -4.02. The molecule has 2 aromatic heterocycles. The molecule has 0 aliphatic heterocycles. The smallest absolute Gasteiger partial charge is 0.339 e. The van der Waals surface area contributed by atoms with Crippen molar-refractivity contribution in [1.29, 1.82) is 0 Å². The number of carboxylic acids is 1. The van der Waals surface area contributed by atoms with Gasteiger partial charge in [0.15, 0.2) is 0 Å². The number of para-hydroxylation sites is 1. The number of carboxylic acid groups (broad SMARTS) is 1. The van der Waals surface area contributed by atoms with Crippen molar-refractivity contribution in [3.63, 3.8) is 0 Å². The van der Waals surface area contributed by atoms with Gasteiger partial charge in [-0.1, -0.05) is 42.5 Å². The van der Waals surface area contributed by atoms with Crippen LogP contribution in [0.2, 0.25) is 0 Å². The first-order chi connectivity index (χ1) is 14.9. The van der Waals surface area contributed by atoms with Crippen molar-refractivity contribution in [2.24, 2.45) is 0 Å². The summed E-state index contributed by atoms with van der Waals surface area (Å²) >= 11 is 0. The first kappa shape index (κ1) is 19.1. The lowest BCUT2D eigenvalue weighted by Gasteiger charge is -2.13. The maximum Gasteiger partial charge on any atom is 0.339 e. The van der Waals surface area contributed by atoms with Gasteiger partial charge in [0.05, 0.1) is 11.2 Å². The highest BCUT2D eigenvalue weighted by molar-refractivity contribution is 7.93. The van der Waals surface area contributed by atoms with Crippen LogP contribution in [-0.2, 0) is 10.0 Å². The molecular formula is C23H16N2O5S. The average molecular weight is 432 g/mol. The molecule has 0 saturated carbocycles. The topological polar surface area (TPSA) is 110 Å². The van der Waals surface area contributed by atoms with E-state index in [9.17, 15) is 18.3 Å². The van der Waals surface area contributed by atoms with Gasteiger partial charge >= 0.3 is 5.97 Å². The van der Waals surface area contributed by atoms with Crippen LogP contribution < -0.4 is 4.72 Å². The first-order valence-corrected chi connectivity index (χ1v) is 10.9. The zero-order valence-corrected chi connectivity index (χ0v) is 17.1. The number of fused-ring (bicyclic) bond motifs is 4. The Balaban J connectivity index is 1.76. The lowest BCUT2D eigenvalue weighted by molar-refractivity contribution is 0.0697. The molecule has 0 radical (unpaired) electrons. The number of aromatic nitrogens is 1. The molecule has 0 amide bonds. The normalized spacial score (nSPS) is 11.9. The van der Waals surface area contributed by atoms with Crippen LogP contribution in [0.25, 0.3) is 32.6 Å². The van der Waals surface area contributed by atoms with Crippen molar-refractivity contribution in [3.8, 4) is 0 Å². The number of hydrogen-bond donors (Lipinski definition) is 2. The van der Waals surface area contributed by atoms with Crippen LogP contribution >= 0.6 is 0 Å². The van der Waals surface area contributed by atoms with E-state index in [0.29, 0.717) is 32.6 Å². The Hall–Kier alpha value is -3.91. The summed E-state index contributed by atoms with van der Waals surface area (Å²) in [4.78, 5) is 16.1. The summed E-state index contributed by atoms with van der Waals surface area (Å²) in [5, 5.41) is 11.9. The maximum absolute atomic E-state index is 13.3. The van der Waals surface area contributed by atoms with E-state index in [0.717, 1.165) is 0 Å². The molecule has 0 fully saturated rings. The van der Waals surface area contributed by atoms with Gasteiger partial charge in [0.2, 0.25) is 0 Å². The summed E-state index contributed by atoms with van der Waals surface area (Å²) in [6.45, 7) is 1.57. The van der Waals surface area contributed by atoms with Crippen LogP contribution in [0.3, 0.4) is 0 Å². The van der Waals surface area contributed by atoms with Gasteiger partial charge in [-0.05, 0) is 25.1 Å². The van der Waals surface area contributed by atoms with E-state index in [2.05, 4.69) is 9.71 Å². The summed E-state index contributed by atoms with van der Waals surface area (Å²) < 4.78 is 35.0. The number of pyridine rings is 1. The maximum atomic E-state index is 13.3. The van der Waals surface area contributed by atoms with Crippen molar-refractivity contribution >= 4 is 54.3 Å². The minimum Gasteiger partial charge on any atom is -0.478 e. The fourth-order valence-electron chi connectivity index (χ4n) is 3.88. The standard InChI is InChI=1S/C23H16N2O5S/c1-13-20(23(26)27)17-12-18(15-8-2-3-9-16(15)22(17)30-13)25-31(28,29)19-10-4-6-14-7-5-11-24-21(14)19/h2-12,25H,1H3,(H,26,27). The number of furan rings is 1. The summed E-state index contributed by atoms with van der Waals surface area (Å²) in [6, 6.07) is 17.1. The van der Waals surface area contributed by atoms with Crippen LogP contribution in [0.4, 0.5) is 5.69 Å². The predicted molar refractivity (Wildman–Crippen MR) is 118 cm³/mol. The fourth-order valence-corrected chi connectivity index (χ4v) is 5.13. The molecule has 3 aromatic carbocycles. The third-order valence-corrected chi connectivity index (χ3v) is 6.61. The Morgan fingerprint density at radius 1 is 1.00 bits per heavy atom. The summed E-state index contributed by atoms with van der Waals surface area (Å²) in [5.41, 5.74) is 1.03. The van der Waals surface area contributed by atoms with E-state index in [1.165, 1.54) is 18.3 Å². The zero-order valence-electron chi connectivity index (χ0n) is 16.3. The minimum absolute atomic E-state index is 0.00743. The Morgan fingerprint density at radius 3 is 2.52 bits per heavy atom. The van der Waals surface area contributed by atoms with Crippen molar-refractivity contribution < 1.29 is 22.7 Å². The van der Waals surface area contributed by atoms with Crippen LogP contribution in [-0.4, -0.2) is 24.5 Å². The summed E-state index contributed by atoms with van der Waals surface area (Å²) in [7, 11) is -4.02. The Morgan fingerprint density at radius 2 is 1.74 bits per heavy atom. The molecule has 154 valence electrons. The van der Waals surface area contributed by atoms with Gasteiger partial charge in [-0.25, -0.2) is 13.2 Å². The van der Waals surface area contributed by atoms with E-state index in [4.69, 9.17) is 4.42 Å². The molecule has 0 atom stereocenters. The molecular weight excluding hydrogens is 416 g/mol. The van der Waals surface area contributed by atoms with Gasteiger partial charge in [0.25, 0.3) is 10.0 Å². The molecule has 5 aromatic rings. The number of hydrogen-bond acceptors (Lipinski definition) is 5. The van der Waals surface area contributed by atoms with Gasteiger partial charge in [0, 0.05) is 27.7 Å². The number of sulfonamides is 1. The number of carbonyl (C=O) groups is 1. The van der Waals surface area contributed by atoms with Gasteiger partial charge in [-0.3, -0.25) is 9.71 Å². The SMILES string of the molecule is Cc1oc2c(cc(NS(=O)(=O)c3cccc4cccnc34)c3ccccc32)c1C(=O)O. The molecule has 0 bridgehead atoms. The highest BCUT2D eigenvalue weighted by Crippen LogP contribution is 2.37. The average Bonchev–Trinajstić information content (AvgIpc) is 3.09. The van der Waals surface area contributed by atoms with Crippen LogP contribution in [0, 0.1) is 6.92 Å². The second kappa shape index (κ2) is 6.82. The largest absolute Gasteiger partial charge is 0.478 e. The molecule has 0 aliphatic carbocycles. The van der Waals surface area contributed by atoms with E-state index >= 15 is 0 Å². The van der Waals surface area contributed by atoms with Gasteiger partial charge < -0.3 is 9.52 Å². The number of benzene rings is 3. The second-order valence-corrected chi connectivity index (χ2v) is 8.77. The zero-order chi connectivity index (χ0) is 21.8. The summed E-state index contributed by atoms with van der Waals surface area (Å²) in [5.74, 6) is -0.885. The van der Waals surface area contributed by atoms with Crippen molar-refractivity contribution in [3.05, 3.63) is 78.2 Å². The molecule has 7 nitrogen and oxygen atoms in total. The molecule has 0 unspecified atom stereocenters. The number of nitrogens with one attached hydrogen (secondary N) is 1.